The second-order valence-electron chi connectivity index (χ2n) is 7.09. The average Bonchev–Trinajstić information content (AvgIpc) is 3.52. The normalized spacial score (nSPS) is 11.1. The number of thiophene rings is 1. The Bertz CT molecular complexity index is 1560. The number of rotatable bonds is 6. The largest absolute Gasteiger partial charge is 0.497 e. The molecule has 10 heteroatoms. The van der Waals surface area contributed by atoms with Crippen molar-refractivity contribution >= 4 is 21.6 Å². The van der Waals surface area contributed by atoms with Crippen molar-refractivity contribution in [3.05, 3.63) is 86.7 Å². The topological polar surface area (TPSA) is 101 Å². The molecule has 0 fully saturated rings. The fourth-order valence-corrected chi connectivity index (χ4v) is 4.36. The Morgan fingerprint density at radius 1 is 1.00 bits per heavy atom. The van der Waals surface area contributed by atoms with Crippen LogP contribution in [0.2, 0.25) is 0 Å². The Kier molecular flexibility index (Phi) is 5.27. The van der Waals surface area contributed by atoms with Gasteiger partial charge in [-0.25, -0.2) is 9.36 Å². The first kappa shape index (κ1) is 20.7. The summed E-state index contributed by atoms with van der Waals surface area (Å²) in [5.74, 6) is 1.91. The highest BCUT2D eigenvalue weighted by atomic mass is 32.1. The Labute approximate surface area is 191 Å². The van der Waals surface area contributed by atoms with Crippen LogP contribution in [0.4, 0.5) is 0 Å². The van der Waals surface area contributed by atoms with Gasteiger partial charge in [0.15, 0.2) is 0 Å². The maximum atomic E-state index is 13.4. The molecule has 3 aromatic heterocycles. The lowest BCUT2D eigenvalue weighted by Crippen LogP contribution is -2.38. The molecule has 0 spiro atoms. The number of aromatic nitrogens is 4. The second-order valence-corrected chi connectivity index (χ2v) is 8.00. The fraction of sp³-hybridized carbons (Fsp3) is 0.130. The predicted octanol–water partition coefficient (Wildman–Crippen LogP) is 3.33. The van der Waals surface area contributed by atoms with Crippen molar-refractivity contribution < 1.29 is 14.0 Å². The molecule has 5 aromatic rings. The third-order valence-electron chi connectivity index (χ3n) is 5.17. The third-order valence-corrected chi connectivity index (χ3v) is 6.07. The number of fused-ring (bicyclic) bond motifs is 1. The lowest BCUT2D eigenvalue weighted by atomic mass is 10.2. The quantitative estimate of drug-likeness (QED) is 0.381. The van der Waals surface area contributed by atoms with Crippen molar-refractivity contribution in [2.24, 2.45) is 0 Å². The van der Waals surface area contributed by atoms with E-state index >= 15 is 0 Å². The number of benzene rings is 2. The van der Waals surface area contributed by atoms with Gasteiger partial charge in [0.2, 0.25) is 11.7 Å². The van der Waals surface area contributed by atoms with E-state index in [0.717, 1.165) is 10.1 Å². The van der Waals surface area contributed by atoms with E-state index in [1.165, 1.54) is 15.9 Å². The minimum absolute atomic E-state index is 0.0134. The van der Waals surface area contributed by atoms with E-state index < -0.39 is 5.69 Å². The van der Waals surface area contributed by atoms with Crippen LogP contribution in [0, 0.1) is 0 Å². The van der Waals surface area contributed by atoms with Crippen LogP contribution < -0.4 is 20.7 Å². The first-order valence-electron chi connectivity index (χ1n) is 9.93. The molecule has 0 aliphatic rings. The molecule has 0 unspecified atom stereocenters. The van der Waals surface area contributed by atoms with E-state index in [1.54, 1.807) is 56.0 Å². The van der Waals surface area contributed by atoms with Crippen molar-refractivity contribution in [2.45, 2.75) is 6.54 Å². The van der Waals surface area contributed by atoms with E-state index in [9.17, 15) is 9.59 Å². The molecular formula is C23H18N4O5S. The molecule has 166 valence electrons. The van der Waals surface area contributed by atoms with E-state index in [1.807, 2.05) is 18.2 Å². The van der Waals surface area contributed by atoms with Crippen molar-refractivity contribution in [3.63, 3.8) is 0 Å². The van der Waals surface area contributed by atoms with Crippen LogP contribution in [-0.4, -0.2) is 33.5 Å². The molecule has 0 amide bonds. The van der Waals surface area contributed by atoms with Crippen LogP contribution in [0.15, 0.2) is 74.1 Å². The first-order chi connectivity index (χ1) is 16.1. The molecule has 5 rings (SSSR count). The van der Waals surface area contributed by atoms with Gasteiger partial charge in [-0.3, -0.25) is 9.36 Å². The number of ether oxygens (including phenoxy) is 2. The van der Waals surface area contributed by atoms with E-state index in [4.69, 9.17) is 14.0 Å². The van der Waals surface area contributed by atoms with Crippen LogP contribution in [0.1, 0.15) is 5.89 Å². The summed E-state index contributed by atoms with van der Waals surface area (Å²) >= 11 is 1.27. The first-order valence-corrected chi connectivity index (χ1v) is 10.8. The molecule has 33 heavy (non-hydrogen) atoms. The SMILES string of the molecule is COc1ccc(-n2c(=O)c3sccc3n(Cc3nc(-c4cccc(OC)c4)no3)c2=O)cc1. The molecule has 0 saturated heterocycles. The molecule has 0 radical (unpaired) electrons. The number of hydrogen-bond acceptors (Lipinski definition) is 8. The summed E-state index contributed by atoms with van der Waals surface area (Å²) in [7, 11) is 3.13. The number of hydrogen-bond donors (Lipinski definition) is 0. The summed E-state index contributed by atoms with van der Waals surface area (Å²) in [6.45, 7) is 0.0134. The fourth-order valence-electron chi connectivity index (χ4n) is 3.53. The van der Waals surface area contributed by atoms with Gasteiger partial charge >= 0.3 is 5.69 Å². The van der Waals surface area contributed by atoms with Gasteiger partial charge in [-0.15, -0.1) is 11.3 Å². The molecule has 0 atom stereocenters. The minimum atomic E-state index is -0.503. The van der Waals surface area contributed by atoms with Crippen molar-refractivity contribution in [2.75, 3.05) is 14.2 Å². The standard InChI is InChI=1S/C23H18N4O5S/c1-30-16-8-6-15(7-9-16)27-22(28)20-18(10-11-33-20)26(23(27)29)13-19-24-21(25-32-19)14-4-3-5-17(12-14)31-2/h3-12H,13H2,1-2H3. The molecular weight excluding hydrogens is 444 g/mol. The highest BCUT2D eigenvalue weighted by Gasteiger charge is 2.18. The average molecular weight is 462 g/mol. The third kappa shape index (κ3) is 3.70. The highest BCUT2D eigenvalue weighted by molar-refractivity contribution is 7.17. The zero-order valence-corrected chi connectivity index (χ0v) is 18.5. The Morgan fingerprint density at radius 2 is 1.79 bits per heavy atom. The van der Waals surface area contributed by atoms with Gasteiger partial charge in [0.1, 0.15) is 22.7 Å². The molecule has 2 aromatic carbocycles. The number of methoxy groups -OCH3 is 2. The van der Waals surface area contributed by atoms with Crippen LogP contribution in [0.3, 0.4) is 0 Å². The summed E-state index contributed by atoms with van der Waals surface area (Å²) in [6, 6.07) is 15.7. The Balaban J connectivity index is 1.59. The van der Waals surface area contributed by atoms with Crippen LogP contribution in [0.25, 0.3) is 27.3 Å². The maximum Gasteiger partial charge on any atom is 0.336 e. The van der Waals surface area contributed by atoms with Crippen LogP contribution >= 0.6 is 11.3 Å². The van der Waals surface area contributed by atoms with Crippen LogP contribution in [0.5, 0.6) is 11.5 Å². The van der Waals surface area contributed by atoms with Gasteiger partial charge in [-0.2, -0.15) is 4.98 Å². The van der Waals surface area contributed by atoms with Crippen molar-refractivity contribution in [1.82, 2.24) is 19.3 Å². The molecule has 0 saturated carbocycles. The van der Waals surface area contributed by atoms with E-state index in [0.29, 0.717) is 33.2 Å². The number of nitrogens with zero attached hydrogens (tertiary/aromatic N) is 4. The predicted molar refractivity (Wildman–Crippen MR) is 124 cm³/mol. The second kappa shape index (κ2) is 8.40. The molecule has 0 aliphatic carbocycles. The van der Waals surface area contributed by atoms with Crippen molar-refractivity contribution in [1.29, 1.82) is 0 Å². The summed E-state index contributed by atoms with van der Waals surface area (Å²) < 4.78 is 18.9. The van der Waals surface area contributed by atoms with Gasteiger partial charge < -0.3 is 14.0 Å². The Morgan fingerprint density at radius 3 is 2.55 bits per heavy atom. The zero-order chi connectivity index (χ0) is 22.9. The van der Waals surface area contributed by atoms with Crippen molar-refractivity contribution in [3.8, 4) is 28.6 Å². The summed E-state index contributed by atoms with van der Waals surface area (Å²) in [5.41, 5.74) is 0.796. The monoisotopic (exact) mass is 462 g/mol. The van der Waals surface area contributed by atoms with Gasteiger partial charge in [0.25, 0.3) is 5.56 Å². The molecule has 9 nitrogen and oxygen atoms in total. The van der Waals surface area contributed by atoms with Gasteiger partial charge in [0.05, 0.1) is 25.4 Å². The molecule has 0 aliphatic heterocycles. The van der Waals surface area contributed by atoms with E-state index in [-0.39, 0.29) is 18.0 Å². The molecule has 3 heterocycles. The summed E-state index contributed by atoms with van der Waals surface area (Å²) in [5, 5.41) is 5.81. The molecule has 0 N–H and O–H groups in total. The highest BCUT2D eigenvalue weighted by Crippen LogP contribution is 2.22. The zero-order valence-electron chi connectivity index (χ0n) is 17.7. The van der Waals surface area contributed by atoms with E-state index in [2.05, 4.69) is 10.1 Å². The summed E-state index contributed by atoms with van der Waals surface area (Å²) in [4.78, 5) is 30.9. The van der Waals surface area contributed by atoms with Gasteiger partial charge in [-0.1, -0.05) is 17.3 Å². The van der Waals surface area contributed by atoms with Gasteiger partial charge in [-0.05, 0) is 47.8 Å². The maximum absolute atomic E-state index is 13.4. The minimum Gasteiger partial charge on any atom is -0.497 e. The Hall–Kier alpha value is -4.18. The van der Waals surface area contributed by atoms with Gasteiger partial charge in [0, 0.05) is 5.56 Å². The smallest absolute Gasteiger partial charge is 0.336 e. The summed E-state index contributed by atoms with van der Waals surface area (Å²) in [6.07, 6.45) is 0. The lowest BCUT2D eigenvalue weighted by Gasteiger charge is -2.11. The van der Waals surface area contributed by atoms with Crippen LogP contribution in [-0.2, 0) is 6.54 Å². The molecule has 0 bridgehead atoms. The lowest BCUT2D eigenvalue weighted by molar-refractivity contribution is 0.370.